The zero-order valence-corrected chi connectivity index (χ0v) is 9.68. The summed E-state index contributed by atoms with van der Waals surface area (Å²) < 4.78 is 0.830. The Morgan fingerprint density at radius 2 is 2.29 bits per heavy atom. The highest BCUT2D eigenvalue weighted by Crippen LogP contribution is 2.23. The van der Waals surface area contributed by atoms with E-state index in [1.54, 1.807) is 17.5 Å². The van der Waals surface area contributed by atoms with E-state index in [0.717, 1.165) is 20.9 Å². The van der Waals surface area contributed by atoms with Gasteiger partial charge >= 0.3 is 0 Å². The van der Waals surface area contributed by atoms with E-state index < -0.39 is 0 Å². The molecule has 5 heteroatoms. The number of halogens is 1. The zero-order chi connectivity index (χ0) is 9.97. The third-order valence-electron chi connectivity index (χ3n) is 1.74. The van der Waals surface area contributed by atoms with E-state index in [9.17, 15) is 0 Å². The first-order valence-electron chi connectivity index (χ1n) is 4.06. The minimum Gasteiger partial charge on any atom is -0.325 e. The fraction of sp³-hybridized carbons (Fsp3) is 0.111. The summed E-state index contributed by atoms with van der Waals surface area (Å²) in [5, 5.41) is 2.93. The lowest BCUT2D eigenvalue weighted by molar-refractivity contribution is 1.01. The molecule has 0 aliphatic rings. The lowest BCUT2D eigenvalue weighted by Crippen LogP contribution is -1.95. The molecule has 0 amide bonds. The molecule has 2 aromatic heterocycles. The number of nitrogens with zero attached hydrogens (tertiary/aromatic N) is 2. The summed E-state index contributed by atoms with van der Waals surface area (Å²) in [4.78, 5) is 8.51. The molecule has 0 aromatic carbocycles. The van der Waals surface area contributed by atoms with Gasteiger partial charge < -0.3 is 5.73 Å². The molecular formula is C9H8BrN3S. The third kappa shape index (κ3) is 2.00. The quantitative estimate of drug-likeness (QED) is 0.853. The maximum Gasteiger partial charge on any atom is 0.125 e. The van der Waals surface area contributed by atoms with Gasteiger partial charge in [-0.15, -0.1) is 11.3 Å². The van der Waals surface area contributed by atoms with E-state index in [2.05, 4.69) is 25.9 Å². The molecular weight excluding hydrogens is 262 g/mol. The van der Waals surface area contributed by atoms with Gasteiger partial charge in [-0.2, -0.15) is 0 Å². The molecule has 0 atom stereocenters. The average Bonchev–Trinajstić information content (AvgIpc) is 2.67. The van der Waals surface area contributed by atoms with Crippen LogP contribution in [0.3, 0.4) is 0 Å². The summed E-state index contributed by atoms with van der Waals surface area (Å²) in [5.41, 5.74) is 7.44. The van der Waals surface area contributed by atoms with Gasteiger partial charge in [0, 0.05) is 23.7 Å². The van der Waals surface area contributed by atoms with Crippen molar-refractivity contribution in [1.29, 1.82) is 0 Å². The first-order chi connectivity index (χ1) is 6.79. The number of pyridine rings is 1. The average molecular weight is 270 g/mol. The Balaban J connectivity index is 2.34. The van der Waals surface area contributed by atoms with Crippen LogP contribution in [-0.4, -0.2) is 9.97 Å². The van der Waals surface area contributed by atoms with E-state index in [1.165, 1.54) is 0 Å². The van der Waals surface area contributed by atoms with Crippen LogP contribution in [0.15, 0.2) is 28.3 Å². The molecule has 14 heavy (non-hydrogen) atoms. The number of nitrogens with two attached hydrogens (primary N) is 1. The largest absolute Gasteiger partial charge is 0.325 e. The minimum atomic E-state index is 0.487. The van der Waals surface area contributed by atoms with Crippen LogP contribution in [0.5, 0.6) is 0 Å². The van der Waals surface area contributed by atoms with Crippen molar-refractivity contribution >= 4 is 27.3 Å². The summed E-state index contributed by atoms with van der Waals surface area (Å²) in [6.45, 7) is 0.487. The number of rotatable bonds is 2. The van der Waals surface area contributed by atoms with E-state index in [4.69, 9.17) is 5.73 Å². The van der Waals surface area contributed by atoms with Gasteiger partial charge in [0.15, 0.2) is 0 Å². The smallest absolute Gasteiger partial charge is 0.125 e. The molecule has 72 valence electrons. The van der Waals surface area contributed by atoms with Crippen molar-refractivity contribution in [2.24, 2.45) is 5.73 Å². The van der Waals surface area contributed by atoms with Crippen LogP contribution < -0.4 is 5.73 Å². The van der Waals surface area contributed by atoms with Crippen LogP contribution in [0, 0.1) is 0 Å². The van der Waals surface area contributed by atoms with Crippen LogP contribution >= 0.6 is 27.3 Å². The normalized spacial score (nSPS) is 10.4. The SMILES string of the molecule is NCc1csc(-c2ccc(Br)nc2)n1. The molecule has 3 nitrogen and oxygen atoms in total. The summed E-state index contributed by atoms with van der Waals surface area (Å²) in [7, 11) is 0. The Bertz CT molecular complexity index is 424. The molecule has 0 saturated heterocycles. The van der Waals surface area contributed by atoms with Gasteiger partial charge in [-0.05, 0) is 28.1 Å². The van der Waals surface area contributed by atoms with Crippen LogP contribution in [0.2, 0.25) is 0 Å². The molecule has 0 unspecified atom stereocenters. The van der Waals surface area contributed by atoms with E-state index in [1.807, 2.05) is 17.5 Å². The highest BCUT2D eigenvalue weighted by Gasteiger charge is 2.03. The van der Waals surface area contributed by atoms with E-state index >= 15 is 0 Å². The maximum atomic E-state index is 5.49. The monoisotopic (exact) mass is 269 g/mol. The van der Waals surface area contributed by atoms with Gasteiger partial charge in [-0.25, -0.2) is 9.97 Å². The first-order valence-corrected chi connectivity index (χ1v) is 5.73. The van der Waals surface area contributed by atoms with Gasteiger partial charge in [-0.1, -0.05) is 0 Å². The molecule has 0 spiro atoms. The Kier molecular flexibility index (Phi) is 2.90. The molecule has 2 rings (SSSR count). The third-order valence-corrected chi connectivity index (χ3v) is 3.14. The fourth-order valence-electron chi connectivity index (χ4n) is 1.04. The minimum absolute atomic E-state index is 0.487. The van der Waals surface area contributed by atoms with Crippen LogP contribution in [0.25, 0.3) is 10.6 Å². The summed E-state index contributed by atoms with van der Waals surface area (Å²) >= 11 is 4.88. The highest BCUT2D eigenvalue weighted by atomic mass is 79.9. The molecule has 0 bridgehead atoms. The van der Waals surface area contributed by atoms with Crippen molar-refractivity contribution in [3.63, 3.8) is 0 Å². The van der Waals surface area contributed by atoms with Crippen LogP contribution in [0.1, 0.15) is 5.69 Å². The molecule has 2 aromatic rings. The molecule has 2 heterocycles. The summed E-state index contributed by atoms with van der Waals surface area (Å²) in [6, 6.07) is 3.88. The predicted octanol–water partition coefficient (Wildman–Crippen LogP) is 2.43. The Labute approximate surface area is 94.1 Å². The van der Waals surface area contributed by atoms with Gasteiger partial charge in [0.1, 0.15) is 9.61 Å². The fourth-order valence-corrected chi connectivity index (χ4v) is 2.09. The van der Waals surface area contributed by atoms with Gasteiger partial charge in [0.25, 0.3) is 0 Å². The second-order valence-electron chi connectivity index (χ2n) is 2.72. The second-order valence-corrected chi connectivity index (χ2v) is 4.39. The zero-order valence-electron chi connectivity index (χ0n) is 7.27. The van der Waals surface area contributed by atoms with Crippen molar-refractivity contribution in [3.05, 3.63) is 34.0 Å². The Morgan fingerprint density at radius 1 is 1.43 bits per heavy atom. The van der Waals surface area contributed by atoms with E-state index in [-0.39, 0.29) is 0 Å². The maximum absolute atomic E-state index is 5.49. The Hall–Kier alpha value is -0.780. The molecule has 0 aliphatic carbocycles. The van der Waals surface area contributed by atoms with Gasteiger partial charge in [0.2, 0.25) is 0 Å². The predicted molar refractivity (Wildman–Crippen MR) is 60.9 cm³/mol. The summed E-state index contributed by atoms with van der Waals surface area (Å²) in [5.74, 6) is 0. The first kappa shape index (κ1) is 9.76. The number of hydrogen-bond acceptors (Lipinski definition) is 4. The number of hydrogen-bond donors (Lipinski definition) is 1. The number of aromatic nitrogens is 2. The van der Waals surface area contributed by atoms with Crippen molar-refractivity contribution in [2.45, 2.75) is 6.54 Å². The van der Waals surface area contributed by atoms with Crippen molar-refractivity contribution < 1.29 is 0 Å². The number of thiazole rings is 1. The van der Waals surface area contributed by atoms with Gasteiger partial charge in [-0.3, -0.25) is 0 Å². The molecule has 0 aliphatic heterocycles. The second kappa shape index (κ2) is 4.16. The molecule has 0 saturated carbocycles. The lowest BCUT2D eigenvalue weighted by atomic mass is 10.3. The van der Waals surface area contributed by atoms with Crippen molar-refractivity contribution in [3.8, 4) is 10.6 Å². The van der Waals surface area contributed by atoms with Gasteiger partial charge in [0.05, 0.1) is 5.69 Å². The molecule has 0 radical (unpaired) electrons. The van der Waals surface area contributed by atoms with Crippen LogP contribution in [-0.2, 0) is 6.54 Å². The van der Waals surface area contributed by atoms with Crippen molar-refractivity contribution in [1.82, 2.24) is 9.97 Å². The summed E-state index contributed by atoms with van der Waals surface area (Å²) in [6.07, 6.45) is 1.79. The standard InChI is InChI=1S/C9H8BrN3S/c10-8-2-1-6(4-12-8)9-13-7(3-11)5-14-9/h1-2,4-5H,3,11H2. The molecule has 0 fully saturated rings. The highest BCUT2D eigenvalue weighted by molar-refractivity contribution is 9.10. The lowest BCUT2D eigenvalue weighted by Gasteiger charge is -1.94. The van der Waals surface area contributed by atoms with E-state index in [0.29, 0.717) is 6.54 Å². The topological polar surface area (TPSA) is 51.8 Å². The Morgan fingerprint density at radius 3 is 2.86 bits per heavy atom. The van der Waals surface area contributed by atoms with Crippen LogP contribution in [0.4, 0.5) is 0 Å². The van der Waals surface area contributed by atoms with Crippen molar-refractivity contribution in [2.75, 3.05) is 0 Å². The molecule has 2 N–H and O–H groups in total.